The molecule has 3 nitrogen and oxygen atoms in total. The van der Waals surface area contributed by atoms with Crippen molar-refractivity contribution in [3.05, 3.63) is 59.7 Å². The maximum atomic E-state index is 3.60. The van der Waals surface area contributed by atoms with Gasteiger partial charge in [0.25, 0.3) is 0 Å². The Labute approximate surface area is 163 Å². The number of aryl methyl sites for hydroxylation is 2. The molecule has 26 heavy (non-hydrogen) atoms. The van der Waals surface area contributed by atoms with Crippen LogP contribution in [0.25, 0.3) is 0 Å². The largest absolute Gasteiger partial charge is 0.371 e. The molecule has 2 aromatic carbocycles. The third-order valence-electron chi connectivity index (χ3n) is 5.62. The maximum Gasteiger partial charge on any atom is 0.0431 e. The van der Waals surface area contributed by atoms with Crippen molar-refractivity contribution >= 4 is 23.8 Å². The Morgan fingerprint density at radius 1 is 1.08 bits per heavy atom. The van der Waals surface area contributed by atoms with Gasteiger partial charge in [-0.25, -0.2) is 0 Å². The van der Waals surface area contributed by atoms with E-state index in [-0.39, 0.29) is 12.4 Å². The van der Waals surface area contributed by atoms with Crippen molar-refractivity contribution in [3.8, 4) is 0 Å². The van der Waals surface area contributed by atoms with Crippen LogP contribution in [-0.2, 0) is 6.42 Å². The molecule has 2 aliphatic rings. The molecule has 4 rings (SSSR count). The summed E-state index contributed by atoms with van der Waals surface area (Å²) in [5.74, 6) is 0. The second-order valence-electron chi connectivity index (χ2n) is 7.40. The van der Waals surface area contributed by atoms with Crippen molar-refractivity contribution in [2.24, 2.45) is 0 Å². The molecule has 2 aliphatic heterocycles. The van der Waals surface area contributed by atoms with Crippen molar-refractivity contribution < 1.29 is 0 Å². The van der Waals surface area contributed by atoms with E-state index in [0.29, 0.717) is 6.04 Å². The Kier molecular flexibility index (Phi) is 6.44. The number of hydrogen-bond donors (Lipinski definition) is 1. The molecular weight excluding hydrogens is 342 g/mol. The molecule has 2 heterocycles. The zero-order valence-corrected chi connectivity index (χ0v) is 16.5. The second-order valence-corrected chi connectivity index (χ2v) is 7.40. The lowest BCUT2D eigenvalue weighted by Crippen LogP contribution is -2.52. The van der Waals surface area contributed by atoms with Gasteiger partial charge >= 0.3 is 0 Å². The Bertz CT molecular complexity index is 718. The van der Waals surface area contributed by atoms with Gasteiger partial charge in [0.2, 0.25) is 0 Å². The quantitative estimate of drug-likeness (QED) is 0.875. The van der Waals surface area contributed by atoms with E-state index in [4.69, 9.17) is 0 Å². The lowest BCUT2D eigenvalue weighted by Gasteiger charge is -2.40. The highest BCUT2D eigenvalue weighted by Crippen LogP contribution is 2.28. The topological polar surface area (TPSA) is 18.5 Å². The van der Waals surface area contributed by atoms with Crippen LogP contribution < -0.4 is 15.1 Å². The highest BCUT2D eigenvalue weighted by atomic mass is 35.5. The van der Waals surface area contributed by atoms with Gasteiger partial charge in [-0.1, -0.05) is 30.3 Å². The summed E-state index contributed by atoms with van der Waals surface area (Å²) in [7, 11) is 0. The molecule has 0 aromatic heterocycles. The average Bonchev–Trinajstić information content (AvgIpc) is 2.66. The van der Waals surface area contributed by atoms with E-state index >= 15 is 0 Å². The predicted molar refractivity (Wildman–Crippen MR) is 114 cm³/mol. The Balaban J connectivity index is 0.00000196. The number of rotatable bonds is 4. The van der Waals surface area contributed by atoms with E-state index in [1.165, 1.54) is 48.3 Å². The zero-order chi connectivity index (χ0) is 17.1. The molecule has 140 valence electrons. The van der Waals surface area contributed by atoms with E-state index in [9.17, 15) is 0 Å². The van der Waals surface area contributed by atoms with Crippen LogP contribution in [0.15, 0.2) is 48.5 Å². The SMILES string of the molecule is Cc1cccc(N2CCNCC2CCN2CCCc3ccccc32)c1.Cl. The fourth-order valence-corrected chi connectivity index (χ4v) is 4.31. The molecule has 0 saturated carbocycles. The standard InChI is InChI=1S/C22H29N3.ClH/c1-18-6-4-9-20(16-18)25-15-12-23-17-21(25)11-14-24-13-5-8-19-7-2-3-10-22(19)24;/h2-4,6-7,9-10,16,21,23H,5,8,11-15,17H2,1H3;1H. The first-order valence-corrected chi connectivity index (χ1v) is 9.68. The normalized spacial score (nSPS) is 19.7. The molecule has 2 aromatic rings. The van der Waals surface area contributed by atoms with Gasteiger partial charge in [0.15, 0.2) is 0 Å². The van der Waals surface area contributed by atoms with Gasteiger partial charge < -0.3 is 15.1 Å². The van der Waals surface area contributed by atoms with Crippen LogP contribution in [-0.4, -0.2) is 38.8 Å². The molecule has 0 bridgehead atoms. The van der Waals surface area contributed by atoms with E-state index in [1.54, 1.807) is 0 Å². The minimum absolute atomic E-state index is 0. The minimum atomic E-state index is 0. The van der Waals surface area contributed by atoms with Gasteiger partial charge in [-0.05, 0) is 55.5 Å². The summed E-state index contributed by atoms with van der Waals surface area (Å²) in [6.07, 6.45) is 3.71. The number of benzene rings is 2. The van der Waals surface area contributed by atoms with Crippen molar-refractivity contribution in [2.45, 2.75) is 32.2 Å². The molecule has 4 heteroatoms. The fraction of sp³-hybridized carbons (Fsp3) is 0.455. The number of hydrogen-bond acceptors (Lipinski definition) is 3. The van der Waals surface area contributed by atoms with Crippen LogP contribution in [0.1, 0.15) is 24.0 Å². The van der Waals surface area contributed by atoms with E-state index in [1.807, 2.05) is 0 Å². The smallest absolute Gasteiger partial charge is 0.0431 e. The second kappa shape index (κ2) is 8.79. The van der Waals surface area contributed by atoms with Crippen LogP contribution >= 0.6 is 12.4 Å². The van der Waals surface area contributed by atoms with Gasteiger partial charge in [-0.3, -0.25) is 0 Å². The summed E-state index contributed by atoms with van der Waals surface area (Å²) in [5, 5.41) is 3.60. The third kappa shape index (κ3) is 4.16. The Morgan fingerprint density at radius 3 is 2.85 bits per heavy atom. The maximum absolute atomic E-state index is 3.60. The highest BCUT2D eigenvalue weighted by Gasteiger charge is 2.24. The summed E-state index contributed by atoms with van der Waals surface area (Å²) >= 11 is 0. The van der Waals surface area contributed by atoms with Gasteiger partial charge in [0.05, 0.1) is 0 Å². The van der Waals surface area contributed by atoms with Crippen LogP contribution in [0, 0.1) is 6.92 Å². The van der Waals surface area contributed by atoms with Crippen LogP contribution in [0.3, 0.4) is 0 Å². The van der Waals surface area contributed by atoms with E-state index in [2.05, 4.69) is 70.6 Å². The number of nitrogens with zero attached hydrogens (tertiary/aromatic N) is 2. The molecular formula is C22H30ClN3. The molecule has 1 fully saturated rings. The first kappa shape index (κ1) is 19.1. The first-order chi connectivity index (χ1) is 12.3. The number of halogens is 1. The lowest BCUT2D eigenvalue weighted by molar-refractivity contribution is 0.451. The highest BCUT2D eigenvalue weighted by molar-refractivity contribution is 5.85. The summed E-state index contributed by atoms with van der Waals surface area (Å²) in [6, 6.07) is 18.5. The molecule has 1 unspecified atom stereocenters. The molecule has 0 aliphatic carbocycles. The summed E-state index contributed by atoms with van der Waals surface area (Å²) in [6.45, 7) is 7.80. The minimum Gasteiger partial charge on any atom is -0.371 e. The molecule has 0 amide bonds. The molecule has 0 radical (unpaired) electrons. The van der Waals surface area contributed by atoms with Crippen molar-refractivity contribution in [1.82, 2.24) is 5.32 Å². The summed E-state index contributed by atoms with van der Waals surface area (Å²) in [5.41, 5.74) is 5.70. The molecule has 1 atom stereocenters. The van der Waals surface area contributed by atoms with Crippen molar-refractivity contribution in [2.75, 3.05) is 42.5 Å². The van der Waals surface area contributed by atoms with Crippen molar-refractivity contribution in [3.63, 3.8) is 0 Å². The van der Waals surface area contributed by atoms with Crippen LogP contribution in [0.5, 0.6) is 0 Å². The number of piperazine rings is 1. The van der Waals surface area contributed by atoms with Crippen LogP contribution in [0.4, 0.5) is 11.4 Å². The molecule has 1 saturated heterocycles. The lowest BCUT2D eigenvalue weighted by atomic mass is 10.0. The van der Waals surface area contributed by atoms with Gasteiger partial charge in [0.1, 0.15) is 0 Å². The van der Waals surface area contributed by atoms with Gasteiger partial charge in [0, 0.05) is 50.1 Å². The Morgan fingerprint density at radius 2 is 1.96 bits per heavy atom. The third-order valence-corrected chi connectivity index (χ3v) is 5.62. The number of fused-ring (bicyclic) bond motifs is 1. The molecule has 0 spiro atoms. The van der Waals surface area contributed by atoms with Gasteiger partial charge in [-0.15, -0.1) is 12.4 Å². The van der Waals surface area contributed by atoms with Crippen molar-refractivity contribution in [1.29, 1.82) is 0 Å². The predicted octanol–water partition coefficient (Wildman–Crippen LogP) is 4.04. The first-order valence-electron chi connectivity index (χ1n) is 9.68. The summed E-state index contributed by atoms with van der Waals surface area (Å²) in [4.78, 5) is 5.21. The monoisotopic (exact) mass is 371 g/mol. The van der Waals surface area contributed by atoms with E-state index < -0.39 is 0 Å². The number of para-hydroxylation sites is 1. The molecule has 1 N–H and O–H groups in total. The summed E-state index contributed by atoms with van der Waals surface area (Å²) < 4.78 is 0. The zero-order valence-electron chi connectivity index (χ0n) is 15.7. The van der Waals surface area contributed by atoms with Gasteiger partial charge in [-0.2, -0.15) is 0 Å². The average molecular weight is 372 g/mol. The number of anilines is 2. The van der Waals surface area contributed by atoms with E-state index in [0.717, 1.165) is 26.2 Å². The van der Waals surface area contributed by atoms with Crippen LogP contribution in [0.2, 0.25) is 0 Å². The Hall–Kier alpha value is -1.71. The number of nitrogens with one attached hydrogen (secondary N) is 1. The fourth-order valence-electron chi connectivity index (χ4n) is 4.31.